The number of aromatic amines is 1. The molecule has 162 valence electrons. The van der Waals surface area contributed by atoms with Gasteiger partial charge in [-0.3, -0.25) is 9.59 Å². The Balaban J connectivity index is 1.44. The van der Waals surface area contributed by atoms with E-state index in [0.29, 0.717) is 34.5 Å². The van der Waals surface area contributed by atoms with Crippen LogP contribution in [0.4, 0.5) is 5.69 Å². The molecule has 0 spiro atoms. The van der Waals surface area contributed by atoms with Gasteiger partial charge >= 0.3 is 0 Å². The third kappa shape index (κ3) is 4.51. The molecule has 31 heavy (non-hydrogen) atoms. The van der Waals surface area contributed by atoms with E-state index >= 15 is 0 Å². The van der Waals surface area contributed by atoms with E-state index in [1.165, 1.54) is 16.4 Å². The van der Waals surface area contributed by atoms with Gasteiger partial charge in [0.2, 0.25) is 21.5 Å². The third-order valence-corrected chi connectivity index (χ3v) is 7.73. The van der Waals surface area contributed by atoms with Gasteiger partial charge in [0.15, 0.2) is 0 Å². The second-order valence-electron chi connectivity index (χ2n) is 7.70. The zero-order valence-corrected chi connectivity index (χ0v) is 18.5. The first-order valence-electron chi connectivity index (χ1n) is 9.94. The molecule has 1 aliphatic rings. The number of hydrogen-bond donors (Lipinski definition) is 2. The van der Waals surface area contributed by atoms with Gasteiger partial charge in [-0.15, -0.1) is 0 Å². The minimum Gasteiger partial charge on any atom is -0.326 e. The van der Waals surface area contributed by atoms with E-state index in [4.69, 9.17) is 11.6 Å². The van der Waals surface area contributed by atoms with Gasteiger partial charge in [0.25, 0.3) is 0 Å². The molecule has 7 nitrogen and oxygen atoms in total. The number of H-pyrrole nitrogens is 1. The van der Waals surface area contributed by atoms with Crippen LogP contribution in [0.1, 0.15) is 18.4 Å². The maximum atomic E-state index is 13.1. The summed E-state index contributed by atoms with van der Waals surface area (Å²) < 4.78 is 27.6. The smallest absolute Gasteiger partial charge is 0.248 e. The number of carbonyl (C=O) groups excluding carboxylic acids is 1. The van der Waals surface area contributed by atoms with E-state index in [0.717, 1.165) is 5.56 Å². The van der Waals surface area contributed by atoms with Crippen molar-refractivity contribution in [3.8, 4) is 0 Å². The number of hydrogen-bond acceptors (Lipinski definition) is 4. The second kappa shape index (κ2) is 8.45. The minimum atomic E-state index is -3.69. The first kappa shape index (κ1) is 21.5. The lowest BCUT2D eigenvalue weighted by atomic mass is 9.97. The van der Waals surface area contributed by atoms with E-state index in [-0.39, 0.29) is 35.4 Å². The lowest BCUT2D eigenvalue weighted by molar-refractivity contribution is -0.120. The number of pyridine rings is 1. The van der Waals surface area contributed by atoms with Crippen LogP contribution in [0.3, 0.4) is 0 Å². The summed E-state index contributed by atoms with van der Waals surface area (Å²) >= 11 is 5.96. The SMILES string of the molecule is Cc1cc(Cl)ccc1NC(=O)C1CCN(S(=O)(=O)c2ccc3[nH]c(=O)ccc3c2)CC1. The molecule has 1 saturated heterocycles. The molecule has 1 fully saturated rings. The fraction of sp³-hybridized carbons (Fsp3) is 0.273. The van der Waals surface area contributed by atoms with Crippen molar-refractivity contribution in [1.29, 1.82) is 0 Å². The molecule has 0 aliphatic carbocycles. The number of aryl methyl sites for hydroxylation is 1. The van der Waals surface area contributed by atoms with Crippen LogP contribution in [-0.4, -0.2) is 36.7 Å². The van der Waals surface area contributed by atoms with Crippen molar-refractivity contribution in [2.75, 3.05) is 18.4 Å². The molecule has 0 bridgehead atoms. The lowest BCUT2D eigenvalue weighted by Crippen LogP contribution is -2.41. The molecule has 2 aromatic carbocycles. The van der Waals surface area contributed by atoms with Gasteiger partial charge in [0, 0.05) is 41.3 Å². The van der Waals surface area contributed by atoms with Crippen LogP contribution in [0.15, 0.2) is 58.2 Å². The molecular formula is C22H22ClN3O4S. The van der Waals surface area contributed by atoms with E-state index in [9.17, 15) is 18.0 Å². The van der Waals surface area contributed by atoms with Crippen LogP contribution in [-0.2, 0) is 14.8 Å². The molecule has 4 rings (SSSR count). The maximum absolute atomic E-state index is 13.1. The number of halogens is 1. The number of nitrogens with one attached hydrogen (secondary N) is 2. The summed E-state index contributed by atoms with van der Waals surface area (Å²) in [5, 5.41) is 4.17. The van der Waals surface area contributed by atoms with Crippen LogP contribution >= 0.6 is 11.6 Å². The van der Waals surface area contributed by atoms with E-state index in [1.54, 1.807) is 36.4 Å². The molecule has 1 aromatic heterocycles. The van der Waals surface area contributed by atoms with Crippen molar-refractivity contribution < 1.29 is 13.2 Å². The first-order valence-corrected chi connectivity index (χ1v) is 11.8. The normalized spacial score (nSPS) is 15.8. The summed E-state index contributed by atoms with van der Waals surface area (Å²) in [6, 6.07) is 12.9. The number of carbonyl (C=O) groups is 1. The Kier molecular flexibility index (Phi) is 5.88. The van der Waals surface area contributed by atoms with Gasteiger partial charge in [-0.1, -0.05) is 11.6 Å². The minimum absolute atomic E-state index is 0.114. The molecule has 0 saturated carbocycles. The summed E-state index contributed by atoms with van der Waals surface area (Å²) in [4.78, 5) is 26.9. The molecule has 3 aromatic rings. The van der Waals surface area contributed by atoms with Crippen LogP contribution in [0.2, 0.25) is 5.02 Å². The van der Waals surface area contributed by atoms with E-state index < -0.39 is 10.0 Å². The summed E-state index contributed by atoms with van der Waals surface area (Å²) in [6.45, 7) is 2.41. The van der Waals surface area contributed by atoms with Gasteiger partial charge < -0.3 is 10.3 Å². The Bertz CT molecular complexity index is 1310. The number of benzene rings is 2. The number of amides is 1. The third-order valence-electron chi connectivity index (χ3n) is 5.60. The fourth-order valence-corrected chi connectivity index (χ4v) is 5.53. The average molecular weight is 460 g/mol. The molecule has 9 heteroatoms. The topological polar surface area (TPSA) is 99.3 Å². The molecule has 2 heterocycles. The summed E-state index contributed by atoms with van der Waals surface area (Å²) in [5.41, 5.74) is 1.92. The molecule has 0 radical (unpaired) electrons. The van der Waals surface area contributed by atoms with Crippen LogP contribution in [0.25, 0.3) is 10.9 Å². The van der Waals surface area contributed by atoms with Gasteiger partial charge in [-0.2, -0.15) is 4.31 Å². The van der Waals surface area contributed by atoms with Crippen molar-refractivity contribution in [1.82, 2.24) is 9.29 Å². The molecule has 2 N–H and O–H groups in total. The molecular weight excluding hydrogens is 438 g/mol. The largest absolute Gasteiger partial charge is 0.326 e. The highest BCUT2D eigenvalue weighted by atomic mass is 35.5. The number of aromatic nitrogens is 1. The van der Waals surface area contributed by atoms with Crippen LogP contribution < -0.4 is 10.9 Å². The summed E-state index contributed by atoms with van der Waals surface area (Å²) in [7, 11) is -3.69. The molecule has 0 atom stereocenters. The number of fused-ring (bicyclic) bond motifs is 1. The van der Waals surface area contributed by atoms with E-state index in [2.05, 4.69) is 10.3 Å². The quantitative estimate of drug-likeness (QED) is 0.623. The fourth-order valence-electron chi connectivity index (χ4n) is 3.80. The Labute approximate surface area is 185 Å². The standard InChI is InChI=1S/C22H22ClN3O4S/c1-14-12-17(23)3-5-19(14)25-22(28)15-8-10-26(11-9-15)31(29,30)18-4-6-20-16(13-18)2-7-21(27)24-20/h2-7,12-13,15H,8-11H2,1H3,(H,24,27)(H,25,28). The molecule has 1 amide bonds. The molecule has 0 unspecified atom stereocenters. The Morgan fingerprint density at radius 2 is 1.84 bits per heavy atom. The first-order chi connectivity index (χ1) is 14.7. The van der Waals surface area contributed by atoms with Gasteiger partial charge in [-0.05, 0) is 73.2 Å². The number of rotatable bonds is 4. The van der Waals surface area contributed by atoms with Crippen molar-refractivity contribution in [3.05, 3.63) is 69.5 Å². The van der Waals surface area contributed by atoms with Gasteiger partial charge in [0.05, 0.1) is 4.90 Å². The van der Waals surface area contributed by atoms with Crippen LogP contribution in [0.5, 0.6) is 0 Å². The Hall–Kier alpha value is -2.68. The predicted molar refractivity (Wildman–Crippen MR) is 121 cm³/mol. The highest BCUT2D eigenvalue weighted by Gasteiger charge is 2.32. The van der Waals surface area contributed by atoms with Crippen molar-refractivity contribution in [2.24, 2.45) is 5.92 Å². The number of sulfonamides is 1. The van der Waals surface area contributed by atoms with Crippen molar-refractivity contribution in [3.63, 3.8) is 0 Å². The summed E-state index contributed by atoms with van der Waals surface area (Å²) in [6.07, 6.45) is 0.886. The highest BCUT2D eigenvalue weighted by Crippen LogP contribution is 2.27. The molecule has 1 aliphatic heterocycles. The second-order valence-corrected chi connectivity index (χ2v) is 10.1. The zero-order chi connectivity index (χ0) is 22.2. The highest BCUT2D eigenvalue weighted by molar-refractivity contribution is 7.89. The average Bonchev–Trinajstić information content (AvgIpc) is 2.75. The monoisotopic (exact) mass is 459 g/mol. The Morgan fingerprint density at radius 3 is 2.55 bits per heavy atom. The van der Waals surface area contributed by atoms with Crippen molar-refractivity contribution >= 4 is 44.1 Å². The van der Waals surface area contributed by atoms with Crippen LogP contribution in [0, 0.1) is 12.8 Å². The van der Waals surface area contributed by atoms with E-state index in [1.807, 2.05) is 6.92 Å². The Morgan fingerprint density at radius 1 is 1.10 bits per heavy atom. The number of piperidine rings is 1. The van der Waals surface area contributed by atoms with Gasteiger partial charge in [0.1, 0.15) is 0 Å². The van der Waals surface area contributed by atoms with Gasteiger partial charge in [-0.25, -0.2) is 8.42 Å². The number of nitrogens with zero attached hydrogens (tertiary/aromatic N) is 1. The van der Waals surface area contributed by atoms with Crippen molar-refractivity contribution in [2.45, 2.75) is 24.7 Å². The zero-order valence-electron chi connectivity index (χ0n) is 16.9. The predicted octanol–water partition coefficient (Wildman–Crippen LogP) is 3.53. The number of anilines is 1. The maximum Gasteiger partial charge on any atom is 0.248 e. The summed E-state index contributed by atoms with van der Waals surface area (Å²) in [5.74, 6) is -0.375. The lowest BCUT2D eigenvalue weighted by Gasteiger charge is -2.30.